The molecule has 1 saturated heterocycles. The number of carboxylic acid groups (broad SMARTS) is 1. The molecule has 0 amide bonds. The van der Waals surface area contributed by atoms with Gasteiger partial charge in [0, 0.05) is 34.5 Å². The number of nitrogens with one attached hydrogen (secondary N) is 2. The van der Waals surface area contributed by atoms with Crippen molar-refractivity contribution in [2.75, 3.05) is 13.1 Å². The van der Waals surface area contributed by atoms with Crippen molar-refractivity contribution in [1.29, 1.82) is 10.8 Å². The number of carbonyl (C=O) groups is 1. The van der Waals surface area contributed by atoms with Crippen LogP contribution < -0.4 is 10.5 Å². The maximum absolute atomic E-state index is 12.1. The van der Waals surface area contributed by atoms with E-state index in [1.54, 1.807) is 11.3 Å². The molecule has 5 N–H and O–H groups in total. The van der Waals surface area contributed by atoms with Crippen LogP contribution in [-0.4, -0.2) is 46.8 Å². The molecule has 10 heteroatoms. The van der Waals surface area contributed by atoms with Gasteiger partial charge < -0.3 is 20.5 Å². The van der Waals surface area contributed by atoms with E-state index in [9.17, 15) is 9.90 Å². The van der Waals surface area contributed by atoms with Crippen LogP contribution in [0.25, 0.3) is 10.1 Å². The number of thiophene rings is 1. The van der Waals surface area contributed by atoms with Crippen molar-refractivity contribution in [2.24, 2.45) is 5.73 Å². The van der Waals surface area contributed by atoms with E-state index in [-0.39, 0.29) is 36.8 Å². The maximum atomic E-state index is 12.1. The van der Waals surface area contributed by atoms with Crippen LogP contribution >= 0.6 is 36.2 Å². The molecular weight excluding hydrogens is 543 g/mol. The number of nitrogen functional groups attached to an aromatic ring is 1. The van der Waals surface area contributed by atoms with Crippen LogP contribution in [-0.2, 0) is 11.2 Å². The Kier molecular flexibility index (Phi) is 11.9. The number of likely N-dealkylation sites (tertiary alicyclic amines) is 1. The number of nitrogens with zero attached hydrogens (tertiary/aromatic N) is 1. The van der Waals surface area contributed by atoms with E-state index in [1.165, 1.54) is 0 Å². The highest BCUT2D eigenvalue weighted by atomic mass is 35.5. The van der Waals surface area contributed by atoms with E-state index in [0.29, 0.717) is 17.8 Å². The van der Waals surface area contributed by atoms with Gasteiger partial charge in [-0.15, -0.1) is 36.2 Å². The number of nitrogens with two attached hydrogens (primary N) is 1. The number of carboxylic acids is 1. The number of fused-ring (bicyclic) bond motifs is 1. The van der Waals surface area contributed by atoms with Crippen molar-refractivity contribution < 1.29 is 14.6 Å². The molecule has 206 valence electrons. The lowest BCUT2D eigenvalue weighted by Crippen LogP contribution is -2.30. The largest absolute Gasteiger partial charge is 0.489 e. The Labute approximate surface area is 240 Å². The summed E-state index contributed by atoms with van der Waals surface area (Å²) in [5.74, 6) is -0.0757. The quantitative estimate of drug-likeness (QED) is 0.118. The third kappa shape index (κ3) is 7.85. The highest BCUT2D eigenvalue weighted by Gasteiger charge is 2.26. The number of halogens is 2. The van der Waals surface area contributed by atoms with E-state index in [0.717, 1.165) is 71.5 Å². The molecule has 38 heavy (non-hydrogen) atoms. The Morgan fingerprint density at radius 3 is 2.55 bits per heavy atom. The van der Waals surface area contributed by atoms with Gasteiger partial charge in [-0.25, -0.2) is 0 Å². The van der Waals surface area contributed by atoms with Gasteiger partial charge >= 0.3 is 5.97 Å². The second-order valence-corrected chi connectivity index (χ2v) is 10.6. The fourth-order valence-electron chi connectivity index (χ4n) is 4.66. The molecule has 1 aliphatic rings. The second kappa shape index (κ2) is 14.4. The number of unbranched alkanes of at least 4 members (excludes halogenated alkanes) is 2. The summed E-state index contributed by atoms with van der Waals surface area (Å²) in [5.41, 5.74) is 7.00. The Morgan fingerprint density at radius 1 is 1.16 bits per heavy atom. The Hall–Kier alpha value is -2.81. The molecule has 3 aromatic rings. The van der Waals surface area contributed by atoms with Gasteiger partial charge in [0.2, 0.25) is 0 Å². The summed E-state index contributed by atoms with van der Waals surface area (Å²) in [5, 5.41) is 26.8. The zero-order valence-corrected chi connectivity index (χ0v) is 23.9. The standard InChI is InChI=1S/C28H34N4O3S.2ClH/c1-2-3-4-5-26(29)32-13-12-22(17-32)35-21-9-6-18(7-10-21)24(28(33)34)16-23-15-20-14-19(27(30)31)8-11-25(20)36-23;;/h6-11,14-15,22,24,29H,2-5,12-13,16-17H2,1H3,(H3,30,31)(H,33,34);2*1H/t22-,24?;;/m0../s1. The van der Waals surface area contributed by atoms with Crippen molar-refractivity contribution in [3.05, 3.63) is 64.5 Å². The number of aliphatic carboxylic acids is 1. The minimum atomic E-state index is -0.862. The van der Waals surface area contributed by atoms with E-state index in [2.05, 4.69) is 11.8 Å². The van der Waals surface area contributed by atoms with E-state index in [4.69, 9.17) is 21.3 Å². The summed E-state index contributed by atoms with van der Waals surface area (Å²) in [6, 6.07) is 15.0. The molecule has 0 spiro atoms. The van der Waals surface area contributed by atoms with Crippen LogP contribution in [0.4, 0.5) is 0 Å². The summed E-state index contributed by atoms with van der Waals surface area (Å²) < 4.78 is 7.20. The first-order chi connectivity index (χ1) is 17.3. The van der Waals surface area contributed by atoms with Crippen LogP contribution in [0.1, 0.15) is 60.9 Å². The van der Waals surface area contributed by atoms with Gasteiger partial charge in [-0.2, -0.15) is 0 Å². The Balaban J connectivity index is 0.00000253. The third-order valence-electron chi connectivity index (χ3n) is 6.71. The molecule has 1 aliphatic heterocycles. The van der Waals surface area contributed by atoms with Gasteiger partial charge in [0.15, 0.2) is 0 Å². The van der Waals surface area contributed by atoms with Crippen LogP contribution in [0.15, 0.2) is 48.5 Å². The number of hydrogen-bond acceptors (Lipinski definition) is 5. The lowest BCUT2D eigenvalue weighted by atomic mass is 9.95. The molecule has 1 aromatic heterocycles. The highest BCUT2D eigenvalue weighted by Crippen LogP contribution is 2.32. The van der Waals surface area contributed by atoms with Gasteiger partial charge in [-0.3, -0.25) is 15.6 Å². The molecule has 7 nitrogen and oxygen atoms in total. The maximum Gasteiger partial charge on any atom is 0.311 e. The van der Waals surface area contributed by atoms with Crippen molar-refractivity contribution in [3.8, 4) is 5.75 Å². The summed E-state index contributed by atoms with van der Waals surface area (Å²) in [7, 11) is 0. The van der Waals surface area contributed by atoms with Crippen molar-refractivity contribution >= 4 is 63.9 Å². The van der Waals surface area contributed by atoms with Gasteiger partial charge in [0.25, 0.3) is 0 Å². The van der Waals surface area contributed by atoms with E-state index >= 15 is 0 Å². The van der Waals surface area contributed by atoms with Crippen LogP contribution in [0, 0.1) is 10.8 Å². The average molecular weight is 580 g/mol. The van der Waals surface area contributed by atoms with Gasteiger partial charge in [0.05, 0.1) is 18.3 Å². The smallest absolute Gasteiger partial charge is 0.311 e. The van der Waals surface area contributed by atoms with Crippen molar-refractivity contribution in [3.63, 3.8) is 0 Å². The number of hydrogen-bond donors (Lipinski definition) is 4. The lowest BCUT2D eigenvalue weighted by Gasteiger charge is -2.20. The van der Waals surface area contributed by atoms with E-state index < -0.39 is 11.9 Å². The van der Waals surface area contributed by atoms with Crippen LogP contribution in [0.5, 0.6) is 5.75 Å². The molecule has 1 unspecified atom stereocenters. The molecule has 0 bridgehead atoms. The normalized spacial score (nSPS) is 15.4. The van der Waals surface area contributed by atoms with Gasteiger partial charge in [0.1, 0.15) is 17.7 Å². The summed E-state index contributed by atoms with van der Waals surface area (Å²) in [6.07, 6.45) is 5.51. The van der Waals surface area contributed by atoms with E-state index in [1.807, 2.05) is 48.5 Å². The number of ether oxygens (including phenoxy) is 1. The molecular formula is C28H36Cl2N4O3S. The zero-order valence-electron chi connectivity index (χ0n) is 21.4. The fourth-order valence-corrected chi connectivity index (χ4v) is 5.75. The number of amidine groups is 2. The van der Waals surface area contributed by atoms with Gasteiger partial charge in [-0.1, -0.05) is 31.9 Å². The molecule has 4 rings (SSSR count). The summed E-state index contributed by atoms with van der Waals surface area (Å²) in [4.78, 5) is 15.2. The van der Waals surface area contributed by atoms with Crippen molar-refractivity contribution in [1.82, 2.24) is 4.90 Å². The molecule has 1 fully saturated rings. The fraction of sp³-hybridized carbons (Fsp3) is 0.393. The second-order valence-electron chi connectivity index (χ2n) is 9.42. The first kappa shape index (κ1) is 31.4. The average Bonchev–Trinajstić information content (AvgIpc) is 3.49. The summed E-state index contributed by atoms with van der Waals surface area (Å²) >= 11 is 1.57. The Bertz CT molecular complexity index is 1250. The predicted octanol–water partition coefficient (Wildman–Crippen LogP) is 6.45. The molecule has 2 heterocycles. The molecule has 2 aromatic carbocycles. The SMILES string of the molecule is CCCCCC(=N)N1CC[C@H](Oc2ccc(C(Cc3cc4cc(C(=N)N)ccc4s3)C(=O)O)cc2)C1.Cl.Cl. The topological polar surface area (TPSA) is 123 Å². The highest BCUT2D eigenvalue weighted by molar-refractivity contribution is 7.19. The first-order valence-electron chi connectivity index (χ1n) is 12.5. The Morgan fingerprint density at radius 2 is 1.89 bits per heavy atom. The summed E-state index contributed by atoms with van der Waals surface area (Å²) in [6.45, 7) is 3.74. The molecule has 0 aliphatic carbocycles. The number of benzene rings is 2. The third-order valence-corrected chi connectivity index (χ3v) is 7.85. The molecule has 0 saturated carbocycles. The first-order valence-corrected chi connectivity index (χ1v) is 13.3. The monoisotopic (exact) mass is 578 g/mol. The molecule has 2 atom stereocenters. The predicted molar refractivity (Wildman–Crippen MR) is 160 cm³/mol. The zero-order chi connectivity index (χ0) is 25.7. The molecule has 0 radical (unpaired) electrons. The van der Waals surface area contributed by atoms with Crippen molar-refractivity contribution in [2.45, 2.75) is 57.5 Å². The van der Waals surface area contributed by atoms with Crippen LogP contribution in [0.2, 0.25) is 0 Å². The number of rotatable bonds is 11. The lowest BCUT2D eigenvalue weighted by molar-refractivity contribution is -0.138. The minimum absolute atomic E-state index is 0. The van der Waals surface area contributed by atoms with Gasteiger partial charge in [-0.05, 0) is 60.2 Å². The van der Waals surface area contributed by atoms with Crippen LogP contribution in [0.3, 0.4) is 0 Å². The minimum Gasteiger partial charge on any atom is -0.489 e.